The van der Waals surface area contributed by atoms with E-state index in [-0.39, 0.29) is 15.2 Å². The summed E-state index contributed by atoms with van der Waals surface area (Å²) < 4.78 is 25.2. The van der Waals surface area contributed by atoms with E-state index in [2.05, 4.69) is 10.9 Å². The van der Waals surface area contributed by atoms with Crippen LogP contribution in [0.2, 0.25) is 4.47 Å². The summed E-state index contributed by atoms with van der Waals surface area (Å²) in [5, 5.41) is 0. The second-order valence-corrected chi connectivity index (χ2v) is 6.63. The smallest absolute Gasteiger partial charge is 0.229 e. The first kappa shape index (κ1) is 12.5. The Bertz CT molecular complexity index is 501. The maximum absolute atomic E-state index is 11.9. The number of aromatic nitrogens is 1. The quantitative estimate of drug-likeness (QED) is 0.775. The normalized spacial score (nSPS) is 11.7. The van der Waals surface area contributed by atoms with Crippen molar-refractivity contribution in [3.8, 4) is 12.3 Å². The molecule has 1 aromatic rings. The van der Waals surface area contributed by atoms with Crippen molar-refractivity contribution in [1.29, 1.82) is 0 Å². The zero-order valence-electron chi connectivity index (χ0n) is 8.19. The third kappa shape index (κ3) is 2.49. The van der Waals surface area contributed by atoms with Crippen molar-refractivity contribution < 1.29 is 8.42 Å². The van der Waals surface area contributed by atoms with Crippen molar-refractivity contribution in [3.05, 3.63) is 10.2 Å². The van der Waals surface area contributed by atoms with Crippen molar-refractivity contribution in [2.75, 3.05) is 13.6 Å². The molecule has 1 heterocycles. The average Bonchev–Trinajstić information content (AvgIpc) is 2.46. The van der Waals surface area contributed by atoms with Gasteiger partial charge in [0.1, 0.15) is 0 Å². The summed E-state index contributed by atoms with van der Waals surface area (Å²) >= 11 is 6.57. The fourth-order valence-electron chi connectivity index (χ4n) is 0.945. The van der Waals surface area contributed by atoms with Gasteiger partial charge in [-0.3, -0.25) is 0 Å². The van der Waals surface area contributed by atoms with E-state index >= 15 is 0 Å². The number of thiazole rings is 1. The van der Waals surface area contributed by atoms with Crippen molar-refractivity contribution in [2.24, 2.45) is 0 Å². The van der Waals surface area contributed by atoms with Gasteiger partial charge in [0.15, 0.2) is 8.68 Å². The standard InChI is InChI=1S/C8H9ClN2O2S2/c1-4-5-11(3)15(12,13)7-6(2)10-8(9)14-7/h1H,5H2,2-3H3. The van der Waals surface area contributed by atoms with Crippen LogP contribution in [0.5, 0.6) is 0 Å². The molecule has 0 radical (unpaired) electrons. The van der Waals surface area contributed by atoms with Gasteiger partial charge >= 0.3 is 0 Å². The molecule has 0 bridgehead atoms. The first-order valence-corrected chi connectivity index (χ1v) is 6.55. The molecule has 1 aromatic heterocycles. The number of hydrogen-bond acceptors (Lipinski definition) is 4. The lowest BCUT2D eigenvalue weighted by atomic mass is 10.6. The number of halogens is 1. The van der Waals surface area contributed by atoms with E-state index in [1.165, 1.54) is 7.05 Å². The summed E-state index contributed by atoms with van der Waals surface area (Å²) in [6.07, 6.45) is 5.05. The third-order valence-corrected chi connectivity index (χ3v) is 5.34. The minimum Gasteiger partial charge on any atom is -0.229 e. The Kier molecular flexibility index (Phi) is 3.73. The minimum absolute atomic E-state index is 0.0251. The van der Waals surface area contributed by atoms with Crippen LogP contribution < -0.4 is 0 Å². The number of sulfonamides is 1. The van der Waals surface area contributed by atoms with Crippen LogP contribution in [0.4, 0.5) is 0 Å². The molecule has 0 aromatic carbocycles. The lowest BCUT2D eigenvalue weighted by Gasteiger charge is -2.12. The van der Waals surface area contributed by atoms with Crippen LogP contribution in [0.1, 0.15) is 5.69 Å². The van der Waals surface area contributed by atoms with E-state index in [0.717, 1.165) is 15.6 Å². The largest absolute Gasteiger partial charge is 0.255 e. The Balaban J connectivity index is 3.18. The molecule has 0 saturated carbocycles. The van der Waals surface area contributed by atoms with Crippen LogP contribution >= 0.6 is 22.9 Å². The minimum atomic E-state index is -3.55. The van der Waals surface area contributed by atoms with Gasteiger partial charge in [0.25, 0.3) is 10.0 Å². The van der Waals surface area contributed by atoms with Crippen molar-refractivity contribution in [3.63, 3.8) is 0 Å². The fourth-order valence-corrected chi connectivity index (χ4v) is 3.96. The number of nitrogens with zero attached hydrogens (tertiary/aromatic N) is 2. The Morgan fingerprint density at radius 1 is 1.67 bits per heavy atom. The molecule has 0 amide bonds. The molecule has 7 heteroatoms. The summed E-state index contributed by atoms with van der Waals surface area (Å²) in [6.45, 7) is 1.62. The Morgan fingerprint density at radius 3 is 2.67 bits per heavy atom. The van der Waals surface area contributed by atoms with Gasteiger partial charge in [-0.05, 0) is 6.92 Å². The molecule has 0 spiro atoms. The molecule has 0 fully saturated rings. The SMILES string of the molecule is C#CCN(C)S(=O)(=O)c1sc(Cl)nc1C. The lowest BCUT2D eigenvalue weighted by molar-refractivity contribution is 0.504. The second kappa shape index (κ2) is 4.49. The number of rotatable bonds is 3. The van der Waals surface area contributed by atoms with E-state index in [0.29, 0.717) is 5.69 Å². The summed E-state index contributed by atoms with van der Waals surface area (Å²) in [5.74, 6) is 2.27. The topological polar surface area (TPSA) is 50.3 Å². The molecule has 0 unspecified atom stereocenters. The van der Waals surface area contributed by atoms with Gasteiger partial charge < -0.3 is 0 Å². The highest BCUT2D eigenvalue weighted by molar-refractivity contribution is 7.91. The first-order valence-electron chi connectivity index (χ1n) is 3.92. The summed E-state index contributed by atoms with van der Waals surface area (Å²) in [5.41, 5.74) is 0.397. The van der Waals surface area contributed by atoms with Crippen LogP contribution in [-0.4, -0.2) is 31.3 Å². The molecule has 1 rings (SSSR count). The van der Waals surface area contributed by atoms with Gasteiger partial charge in [-0.1, -0.05) is 28.9 Å². The Labute approximate surface area is 97.9 Å². The average molecular weight is 265 g/mol. The van der Waals surface area contributed by atoms with E-state index in [1.807, 2.05) is 0 Å². The van der Waals surface area contributed by atoms with Crippen molar-refractivity contribution in [2.45, 2.75) is 11.1 Å². The van der Waals surface area contributed by atoms with E-state index in [1.54, 1.807) is 6.92 Å². The molecule has 15 heavy (non-hydrogen) atoms. The lowest BCUT2D eigenvalue weighted by Crippen LogP contribution is -2.27. The highest BCUT2D eigenvalue weighted by Crippen LogP contribution is 2.28. The van der Waals surface area contributed by atoms with Gasteiger partial charge in [-0.15, -0.1) is 6.42 Å². The Hall–Kier alpha value is -0.610. The molecule has 82 valence electrons. The van der Waals surface area contributed by atoms with Crippen LogP contribution in [0.25, 0.3) is 0 Å². The van der Waals surface area contributed by atoms with Crippen LogP contribution in [0.3, 0.4) is 0 Å². The van der Waals surface area contributed by atoms with Gasteiger partial charge in [-0.2, -0.15) is 4.31 Å². The fraction of sp³-hybridized carbons (Fsp3) is 0.375. The van der Waals surface area contributed by atoms with Gasteiger partial charge in [0, 0.05) is 7.05 Å². The van der Waals surface area contributed by atoms with Gasteiger partial charge in [0.2, 0.25) is 0 Å². The molecular formula is C8H9ClN2O2S2. The molecular weight excluding hydrogens is 256 g/mol. The van der Waals surface area contributed by atoms with E-state index < -0.39 is 10.0 Å². The molecule has 0 aliphatic rings. The molecule has 0 aliphatic heterocycles. The van der Waals surface area contributed by atoms with Crippen LogP contribution in [-0.2, 0) is 10.0 Å². The van der Waals surface area contributed by atoms with Crippen molar-refractivity contribution >= 4 is 33.0 Å². The maximum atomic E-state index is 11.9. The first-order chi connectivity index (χ1) is 6.89. The van der Waals surface area contributed by atoms with Gasteiger partial charge in [-0.25, -0.2) is 13.4 Å². The Morgan fingerprint density at radius 2 is 2.27 bits per heavy atom. The molecule has 0 atom stereocenters. The van der Waals surface area contributed by atoms with Crippen molar-refractivity contribution in [1.82, 2.24) is 9.29 Å². The highest BCUT2D eigenvalue weighted by atomic mass is 35.5. The zero-order valence-corrected chi connectivity index (χ0v) is 10.6. The van der Waals surface area contributed by atoms with Crippen LogP contribution in [0.15, 0.2) is 4.21 Å². The predicted octanol–water partition coefficient (Wildman–Crippen LogP) is 1.36. The maximum Gasteiger partial charge on any atom is 0.255 e. The monoisotopic (exact) mass is 264 g/mol. The highest BCUT2D eigenvalue weighted by Gasteiger charge is 2.25. The number of terminal acetylenes is 1. The van der Waals surface area contributed by atoms with E-state index in [9.17, 15) is 8.42 Å². The van der Waals surface area contributed by atoms with Gasteiger partial charge in [0.05, 0.1) is 12.2 Å². The summed E-state index contributed by atoms with van der Waals surface area (Å²) in [7, 11) is -2.13. The van der Waals surface area contributed by atoms with E-state index in [4.69, 9.17) is 18.0 Å². The number of hydrogen-bond donors (Lipinski definition) is 0. The molecule has 0 aliphatic carbocycles. The van der Waals surface area contributed by atoms with Crippen LogP contribution in [0, 0.1) is 19.3 Å². The molecule has 0 saturated heterocycles. The third-order valence-electron chi connectivity index (χ3n) is 1.69. The summed E-state index contributed by atoms with van der Waals surface area (Å²) in [4.78, 5) is 3.85. The summed E-state index contributed by atoms with van der Waals surface area (Å²) in [6, 6.07) is 0. The molecule has 0 N–H and O–H groups in total. The second-order valence-electron chi connectivity index (χ2n) is 2.80. The zero-order chi connectivity index (χ0) is 11.6. The predicted molar refractivity (Wildman–Crippen MR) is 60.5 cm³/mol. The molecule has 4 nitrogen and oxygen atoms in total. The number of aryl methyl sites for hydroxylation is 1.